The van der Waals surface area contributed by atoms with E-state index in [1.54, 1.807) is 22.8 Å². The molecule has 176 valence electrons. The lowest BCUT2D eigenvalue weighted by atomic mass is 9.75. The van der Waals surface area contributed by atoms with Crippen molar-refractivity contribution in [3.8, 4) is 0 Å². The molecule has 6 rings (SSSR count). The predicted octanol–water partition coefficient (Wildman–Crippen LogP) is 7.27. The largest absolute Gasteiger partial charge is 0.324 e. The lowest BCUT2D eigenvalue weighted by Gasteiger charge is -2.40. The van der Waals surface area contributed by atoms with Crippen LogP contribution in [0.25, 0.3) is 0 Å². The second-order valence-corrected chi connectivity index (χ2v) is 13.2. The number of benzene rings is 2. The quantitative estimate of drug-likeness (QED) is 0.345. The van der Waals surface area contributed by atoms with Gasteiger partial charge in [-0.1, -0.05) is 62.6 Å². The topological polar surface area (TPSA) is 51.1 Å². The van der Waals surface area contributed by atoms with Crippen molar-refractivity contribution >= 4 is 73.8 Å². The summed E-state index contributed by atoms with van der Waals surface area (Å²) in [5.74, 6) is 1.89. The normalized spacial score (nSPS) is 26.9. The van der Waals surface area contributed by atoms with Crippen LogP contribution in [0, 0.1) is 17.8 Å². The molecule has 3 aromatic rings. The molecule has 0 radical (unpaired) electrons. The van der Waals surface area contributed by atoms with Gasteiger partial charge in [0.15, 0.2) is 0 Å². The summed E-state index contributed by atoms with van der Waals surface area (Å²) in [6, 6.07) is 13.5. The zero-order valence-corrected chi connectivity index (χ0v) is 22.7. The van der Waals surface area contributed by atoms with Crippen LogP contribution in [0.5, 0.6) is 0 Å². The second-order valence-electron chi connectivity index (χ2n) is 9.33. The van der Waals surface area contributed by atoms with Crippen molar-refractivity contribution in [2.24, 2.45) is 17.8 Å². The number of nitrogens with one attached hydrogen (secondary N) is 1. The van der Waals surface area contributed by atoms with E-state index in [0.717, 1.165) is 14.4 Å². The molecule has 5 atom stereocenters. The molecule has 0 spiro atoms. The fourth-order valence-electron chi connectivity index (χ4n) is 6.08. The third-order valence-electron chi connectivity index (χ3n) is 7.40. The van der Waals surface area contributed by atoms with E-state index < -0.39 is 0 Å². The van der Waals surface area contributed by atoms with Gasteiger partial charge in [-0.3, -0.25) is 14.2 Å². The Morgan fingerprint density at radius 2 is 1.94 bits per heavy atom. The first kappa shape index (κ1) is 23.2. The van der Waals surface area contributed by atoms with Gasteiger partial charge in [0, 0.05) is 26.2 Å². The molecule has 1 N–H and O–H groups in total. The molecular formula is C25H21BrCl2N2O2S2. The lowest BCUT2D eigenvalue weighted by molar-refractivity contribution is -0.116. The Kier molecular flexibility index (Phi) is 6.13. The maximum atomic E-state index is 13.2. The molecule has 3 aliphatic rings. The SMILES string of the molecule is O=C(Cn1c2c(sc1=O)C(c1cccc(Br)c1)C1C3CCC(C3)C1S2)Nc1ccc(Cl)c(Cl)c1. The average molecular weight is 596 g/mol. The van der Waals surface area contributed by atoms with E-state index in [4.69, 9.17) is 23.2 Å². The van der Waals surface area contributed by atoms with Gasteiger partial charge in [-0.15, -0.1) is 11.8 Å². The van der Waals surface area contributed by atoms with Crippen molar-refractivity contribution < 1.29 is 4.79 Å². The number of thiazole rings is 1. The van der Waals surface area contributed by atoms with Crippen molar-refractivity contribution in [2.75, 3.05) is 5.32 Å². The zero-order chi connectivity index (χ0) is 23.6. The molecule has 2 bridgehead atoms. The zero-order valence-electron chi connectivity index (χ0n) is 18.0. The van der Waals surface area contributed by atoms with E-state index in [2.05, 4.69) is 39.4 Å². The molecule has 2 aromatic carbocycles. The minimum absolute atomic E-state index is 0.0192. The highest BCUT2D eigenvalue weighted by atomic mass is 79.9. The molecule has 2 heterocycles. The van der Waals surface area contributed by atoms with Gasteiger partial charge in [0.2, 0.25) is 5.91 Å². The van der Waals surface area contributed by atoms with E-state index in [0.29, 0.717) is 38.7 Å². The number of carbonyl (C=O) groups is 1. The van der Waals surface area contributed by atoms with Crippen LogP contribution in [0.4, 0.5) is 5.69 Å². The molecule has 1 aliphatic heterocycles. The first-order valence-corrected chi connectivity index (χ1v) is 14.5. The number of halogens is 3. The van der Waals surface area contributed by atoms with Crippen molar-refractivity contribution in [1.29, 1.82) is 0 Å². The molecule has 34 heavy (non-hydrogen) atoms. The van der Waals surface area contributed by atoms with Crippen molar-refractivity contribution in [1.82, 2.24) is 4.57 Å². The summed E-state index contributed by atoms with van der Waals surface area (Å²) >= 11 is 18.8. The Hall–Kier alpha value is -1.25. The summed E-state index contributed by atoms with van der Waals surface area (Å²) < 4.78 is 2.72. The third kappa shape index (κ3) is 3.97. The molecule has 2 fully saturated rings. The Morgan fingerprint density at radius 3 is 2.74 bits per heavy atom. The van der Waals surface area contributed by atoms with Gasteiger partial charge in [-0.25, -0.2) is 0 Å². The summed E-state index contributed by atoms with van der Waals surface area (Å²) in [6.45, 7) is -0.0192. The number of thioether (sulfide) groups is 1. The average Bonchev–Trinajstić information content (AvgIpc) is 3.49. The van der Waals surface area contributed by atoms with E-state index in [9.17, 15) is 9.59 Å². The summed E-state index contributed by atoms with van der Waals surface area (Å²) in [5, 5.41) is 5.12. The first-order valence-electron chi connectivity index (χ1n) is 11.3. The van der Waals surface area contributed by atoms with Crippen LogP contribution in [0.1, 0.15) is 35.6 Å². The third-order valence-corrected chi connectivity index (χ3v) is 11.5. The Balaban J connectivity index is 1.36. The van der Waals surface area contributed by atoms with Gasteiger partial charge in [-0.05, 0) is 72.9 Å². The highest BCUT2D eigenvalue weighted by molar-refractivity contribution is 9.10. The van der Waals surface area contributed by atoms with Gasteiger partial charge in [0.05, 0.1) is 15.1 Å². The van der Waals surface area contributed by atoms with Gasteiger partial charge in [-0.2, -0.15) is 0 Å². The molecular weight excluding hydrogens is 575 g/mol. The summed E-state index contributed by atoms with van der Waals surface area (Å²) in [5.41, 5.74) is 1.82. The maximum Gasteiger partial charge on any atom is 0.308 e. The number of fused-ring (bicyclic) bond motifs is 6. The van der Waals surface area contributed by atoms with Crippen LogP contribution in [0.3, 0.4) is 0 Å². The molecule has 9 heteroatoms. The van der Waals surface area contributed by atoms with Crippen LogP contribution < -0.4 is 10.2 Å². The number of hydrogen-bond donors (Lipinski definition) is 1. The van der Waals surface area contributed by atoms with Gasteiger partial charge < -0.3 is 5.32 Å². The maximum absolute atomic E-state index is 13.2. The number of amides is 1. The van der Waals surface area contributed by atoms with Crippen molar-refractivity contribution in [3.63, 3.8) is 0 Å². The predicted molar refractivity (Wildman–Crippen MR) is 144 cm³/mol. The van der Waals surface area contributed by atoms with Crippen LogP contribution >= 0.6 is 62.2 Å². The van der Waals surface area contributed by atoms with Crippen LogP contribution in [-0.2, 0) is 11.3 Å². The molecule has 5 unspecified atom stereocenters. The smallest absolute Gasteiger partial charge is 0.308 e. The second kappa shape index (κ2) is 9.00. The Bertz CT molecular complexity index is 1360. The summed E-state index contributed by atoms with van der Waals surface area (Å²) in [4.78, 5) is 27.1. The highest BCUT2D eigenvalue weighted by Crippen LogP contribution is 2.64. The van der Waals surface area contributed by atoms with Gasteiger partial charge >= 0.3 is 4.87 Å². The van der Waals surface area contributed by atoms with Crippen molar-refractivity contribution in [2.45, 2.75) is 42.0 Å². The minimum Gasteiger partial charge on any atom is -0.324 e. The monoisotopic (exact) mass is 594 g/mol. The molecule has 0 saturated heterocycles. The fourth-order valence-corrected chi connectivity index (χ4v) is 9.94. The van der Waals surface area contributed by atoms with Gasteiger partial charge in [0.1, 0.15) is 6.54 Å². The molecule has 1 aromatic heterocycles. The van der Waals surface area contributed by atoms with Gasteiger partial charge in [0.25, 0.3) is 0 Å². The van der Waals surface area contributed by atoms with E-state index in [1.807, 2.05) is 17.8 Å². The lowest BCUT2D eigenvalue weighted by Crippen LogP contribution is -2.34. The molecule has 2 aliphatic carbocycles. The minimum atomic E-state index is -0.254. The number of hydrogen-bond acceptors (Lipinski definition) is 4. The highest BCUT2D eigenvalue weighted by Gasteiger charge is 2.55. The Morgan fingerprint density at radius 1 is 1.12 bits per heavy atom. The summed E-state index contributed by atoms with van der Waals surface area (Å²) in [6.07, 6.45) is 3.84. The van der Waals surface area contributed by atoms with Crippen LogP contribution in [0.2, 0.25) is 10.0 Å². The van der Waals surface area contributed by atoms with Crippen LogP contribution in [-0.4, -0.2) is 15.7 Å². The standard InChI is InChI=1S/C25H21BrCl2N2O2S2/c26-15-3-1-2-12(9-15)21-20-13-4-5-14(8-13)22(20)33-24-23(21)34-25(32)30(24)11-19(31)29-16-6-7-17(27)18(28)10-16/h1-3,6-7,9-10,13-14,20-22H,4-5,8,11H2,(H,29,31). The first-order chi connectivity index (χ1) is 16.4. The molecule has 2 saturated carbocycles. The fraction of sp³-hybridized carbons (Fsp3) is 0.360. The number of carbonyl (C=O) groups excluding carboxylic acids is 1. The van der Waals surface area contributed by atoms with Crippen LogP contribution in [0.15, 0.2) is 56.8 Å². The van der Waals surface area contributed by atoms with E-state index >= 15 is 0 Å². The Labute approximate surface area is 224 Å². The molecule has 1 amide bonds. The molecule has 4 nitrogen and oxygen atoms in total. The summed E-state index contributed by atoms with van der Waals surface area (Å²) in [7, 11) is 0. The van der Waals surface area contributed by atoms with E-state index in [1.165, 1.54) is 36.2 Å². The number of rotatable bonds is 4. The number of anilines is 1. The number of aromatic nitrogens is 1. The van der Waals surface area contributed by atoms with Crippen molar-refractivity contribution in [3.05, 3.63) is 77.1 Å². The van der Waals surface area contributed by atoms with E-state index in [-0.39, 0.29) is 23.2 Å². The number of nitrogens with zero attached hydrogens (tertiary/aromatic N) is 1.